The molecule has 142 valence electrons. The molecule has 3 rings (SSSR count). The molecule has 0 unspecified atom stereocenters. The molecule has 2 aromatic heterocycles. The van der Waals surface area contributed by atoms with E-state index in [0.29, 0.717) is 35.4 Å². The van der Waals surface area contributed by atoms with Crippen molar-refractivity contribution in [3.8, 4) is 16.5 Å². The molecule has 0 saturated carbocycles. The van der Waals surface area contributed by atoms with Gasteiger partial charge in [0.1, 0.15) is 5.82 Å². The zero-order valence-electron chi connectivity index (χ0n) is 15.8. The van der Waals surface area contributed by atoms with Gasteiger partial charge in [-0.05, 0) is 43.2 Å². The normalized spacial score (nSPS) is 10.9. The molecule has 0 spiro atoms. The number of nitrogens with one attached hydrogen (secondary N) is 1. The van der Waals surface area contributed by atoms with E-state index in [4.69, 9.17) is 9.47 Å². The van der Waals surface area contributed by atoms with Crippen LogP contribution in [0.4, 0.5) is 15.9 Å². The molecule has 7 heteroatoms. The minimum atomic E-state index is -0.326. The summed E-state index contributed by atoms with van der Waals surface area (Å²) in [4.78, 5) is 11.1. The fraction of sp³-hybridized carbons (Fsp3) is 0.300. The van der Waals surface area contributed by atoms with Gasteiger partial charge in [0, 0.05) is 12.0 Å². The number of anilines is 2. The zero-order chi connectivity index (χ0) is 19.4. The van der Waals surface area contributed by atoms with Crippen molar-refractivity contribution in [2.75, 3.05) is 19.5 Å². The first-order valence-electron chi connectivity index (χ1n) is 8.61. The van der Waals surface area contributed by atoms with Crippen molar-refractivity contribution in [2.24, 2.45) is 0 Å². The van der Waals surface area contributed by atoms with E-state index in [9.17, 15) is 4.39 Å². The minimum absolute atomic E-state index is 0.326. The van der Waals surface area contributed by atoms with Gasteiger partial charge >= 0.3 is 0 Å². The van der Waals surface area contributed by atoms with Gasteiger partial charge in [-0.2, -0.15) is 0 Å². The predicted octanol–water partition coefficient (Wildman–Crippen LogP) is 5.11. The van der Waals surface area contributed by atoms with Crippen molar-refractivity contribution < 1.29 is 13.9 Å². The number of nitrogens with zero attached hydrogens (tertiary/aromatic N) is 2. The van der Waals surface area contributed by atoms with Gasteiger partial charge in [0.15, 0.2) is 17.4 Å². The maximum Gasteiger partial charge on any atom is 0.182 e. The summed E-state index contributed by atoms with van der Waals surface area (Å²) in [6, 6.07) is 9.08. The highest BCUT2D eigenvalue weighted by Gasteiger charge is 2.16. The summed E-state index contributed by atoms with van der Waals surface area (Å²) in [5.74, 6) is 1.16. The first kappa shape index (κ1) is 19.3. The molecule has 1 N–H and O–H groups in total. The number of ether oxygens (including phenoxy) is 2. The second-order valence-electron chi connectivity index (χ2n) is 6.01. The van der Waals surface area contributed by atoms with Gasteiger partial charge in [0.2, 0.25) is 0 Å². The number of benzene rings is 1. The Morgan fingerprint density at radius 2 is 1.96 bits per heavy atom. The molecule has 1 aromatic carbocycles. The fourth-order valence-electron chi connectivity index (χ4n) is 2.73. The van der Waals surface area contributed by atoms with Crippen LogP contribution >= 0.6 is 11.3 Å². The molecule has 5 nitrogen and oxygen atoms in total. The first-order valence-corrected chi connectivity index (χ1v) is 9.43. The van der Waals surface area contributed by atoms with Crippen molar-refractivity contribution in [3.05, 3.63) is 52.3 Å². The number of hydrogen-bond acceptors (Lipinski definition) is 6. The molecular weight excluding hydrogens is 365 g/mol. The number of aromatic nitrogens is 2. The second-order valence-corrected chi connectivity index (χ2v) is 7.17. The van der Waals surface area contributed by atoms with Gasteiger partial charge in [-0.25, -0.2) is 14.4 Å². The van der Waals surface area contributed by atoms with Crippen LogP contribution in [0.1, 0.15) is 23.1 Å². The Morgan fingerprint density at radius 1 is 1.15 bits per heavy atom. The summed E-state index contributed by atoms with van der Waals surface area (Å²) >= 11 is 1.56. The van der Waals surface area contributed by atoms with Crippen molar-refractivity contribution >= 4 is 22.8 Å². The molecule has 3 aromatic rings. The van der Waals surface area contributed by atoms with Gasteiger partial charge in [0.05, 0.1) is 30.0 Å². The Morgan fingerprint density at radius 3 is 2.63 bits per heavy atom. The summed E-state index contributed by atoms with van der Waals surface area (Å²) in [7, 11) is 3.21. The molecule has 0 saturated heterocycles. The third-order valence-corrected chi connectivity index (χ3v) is 5.16. The van der Waals surface area contributed by atoms with Crippen LogP contribution in [0.2, 0.25) is 0 Å². The van der Waals surface area contributed by atoms with Crippen LogP contribution < -0.4 is 10.1 Å². The van der Waals surface area contributed by atoms with Crippen LogP contribution in [0.25, 0.3) is 10.7 Å². The van der Waals surface area contributed by atoms with E-state index in [1.54, 1.807) is 31.6 Å². The molecule has 0 amide bonds. The van der Waals surface area contributed by atoms with Gasteiger partial charge in [-0.3, -0.25) is 0 Å². The van der Waals surface area contributed by atoms with Crippen LogP contribution in [0.5, 0.6) is 5.75 Å². The third-order valence-electron chi connectivity index (χ3n) is 4.10. The lowest BCUT2D eigenvalue weighted by molar-refractivity contribution is 0.187. The molecule has 0 radical (unpaired) electrons. The number of halogens is 1. The Kier molecular flexibility index (Phi) is 6.03. The van der Waals surface area contributed by atoms with E-state index >= 15 is 0 Å². The van der Waals surface area contributed by atoms with E-state index in [0.717, 1.165) is 21.7 Å². The van der Waals surface area contributed by atoms with E-state index in [-0.39, 0.29) is 5.82 Å². The predicted molar refractivity (Wildman–Crippen MR) is 106 cm³/mol. The molecule has 0 bridgehead atoms. The highest BCUT2D eigenvalue weighted by molar-refractivity contribution is 7.15. The quantitative estimate of drug-likeness (QED) is 0.610. The Bertz CT molecular complexity index is 943. The monoisotopic (exact) mass is 387 g/mol. The van der Waals surface area contributed by atoms with Crippen LogP contribution in [-0.2, 0) is 17.8 Å². The molecular formula is C20H22FN3O2S. The Labute approximate surface area is 162 Å². The number of thiophene rings is 1. The summed E-state index contributed by atoms with van der Waals surface area (Å²) < 4.78 is 25.0. The Balaban J connectivity index is 1.99. The lowest BCUT2D eigenvalue weighted by Gasteiger charge is -2.14. The third kappa shape index (κ3) is 4.26. The standard InChI is InChI=1S/C20H22FN3O2S/c1-5-13-6-8-16(15(21)10-13)23-20-18(26-4)12(2)22-19(24-20)17-9-7-14(27-17)11-25-3/h6-10H,5,11H2,1-4H3,(H,22,23,24). The summed E-state index contributed by atoms with van der Waals surface area (Å²) in [5, 5.41) is 3.05. The second kappa shape index (κ2) is 8.45. The van der Waals surface area contributed by atoms with Crippen molar-refractivity contribution in [1.29, 1.82) is 0 Å². The van der Waals surface area contributed by atoms with Crippen LogP contribution in [0, 0.1) is 12.7 Å². The van der Waals surface area contributed by atoms with E-state index in [1.807, 2.05) is 32.0 Å². The molecule has 0 aliphatic rings. The van der Waals surface area contributed by atoms with Gasteiger partial charge in [0.25, 0.3) is 0 Å². The molecule has 0 aliphatic carbocycles. The number of aryl methyl sites for hydroxylation is 2. The molecule has 0 atom stereocenters. The van der Waals surface area contributed by atoms with Crippen molar-refractivity contribution in [3.63, 3.8) is 0 Å². The SMILES string of the molecule is CCc1ccc(Nc2nc(-c3ccc(COC)s3)nc(C)c2OC)c(F)c1. The van der Waals surface area contributed by atoms with Gasteiger partial charge in [-0.15, -0.1) is 11.3 Å². The highest BCUT2D eigenvalue weighted by atomic mass is 32.1. The number of methoxy groups -OCH3 is 2. The molecule has 0 aliphatic heterocycles. The molecule has 0 fully saturated rings. The largest absolute Gasteiger partial charge is 0.491 e. The highest BCUT2D eigenvalue weighted by Crippen LogP contribution is 2.34. The van der Waals surface area contributed by atoms with Crippen LogP contribution in [-0.4, -0.2) is 24.2 Å². The lowest BCUT2D eigenvalue weighted by atomic mass is 10.1. The maximum atomic E-state index is 14.4. The fourth-order valence-corrected chi connectivity index (χ4v) is 3.64. The number of hydrogen-bond donors (Lipinski definition) is 1. The average molecular weight is 387 g/mol. The first-order chi connectivity index (χ1) is 13.0. The van der Waals surface area contributed by atoms with Gasteiger partial charge < -0.3 is 14.8 Å². The maximum absolute atomic E-state index is 14.4. The smallest absolute Gasteiger partial charge is 0.182 e. The lowest BCUT2D eigenvalue weighted by Crippen LogP contribution is -2.04. The van der Waals surface area contributed by atoms with Crippen molar-refractivity contribution in [1.82, 2.24) is 9.97 Å². The van der Waals surface area contributed by atoms with E-state index in [1.165, 1.54) is 6.07 Å². The molecule has 27 heavy (non-hydrogen) atoms. The van der Waals surface area contributed by atoms with E-state index in [2.05, 4.69) is 15.3 Å². The summed E-state index contributed by atoms with van der Waals surface area (Å²) in [5.41, 5.74) is 1.96. The van der Waals surface area contributed by atoms with Gasteiger partial charge in [-0.1, -0.05) is 13.0 Å². The van der Waals surface area contributed by atoms with E-state index < -0.39 is 0 Å². The number of rotatable bonds is 7. The minimum Gasteiger partial charge on any atom is -0.491 e. The zero-order valence-corrected chi connectivity index (χ0v) is 16.6. The molecule has 2 heterocycles. The summed E-state index contributed by atoms with van der Waals surface area (Å²) in [6.45, 7) is 4.37. The summed E-state index contributed by atoms with van der Waals surface area (Å²) in [6.07, 6.45) is 0.777. The topological polar surface area (TPSA) is 56.3 Å². The van der Waals surface area contributed by atoms with Crippen LogP contribution in [0.15, 0.2) is 30.3 Å². The van der Waals surface area contributed by atoms with Crippen molar-refractivity contribution in [2.45, 2.75) is 26.9 Å². The van der Waals surface area contributed by atoms with Crippen LogP contribution in [0.3, 0.4) is 0 Å². The average Bonchev–Trinajstić information content (AvgIpc) is 3.12. The Hall–Kier alpha value is -2.51.